The van der Waals surface area contributed by atoms with Gasteiger partial charge in [-0.25, -0.2) is 4.79 Å². The SMILES string of the molecule is O=C1OC(Cl)(c2ccccc2)c2cc3c(cc21)OCO3. The molecule has 1 atom stereocenters. The van der Waals surface area contributed by atoms with Gasteiger partial charge < -0.3 is 14.2 Å². The van der Waals surface area contributed by atoms with Gasteiger partial charge in [0.1, 0.15) is 0 Å². The van der Waals surface area contributed by atoms with Crippen molar-refractivity contribution in [2.75, 3.05) is 6.79 Å². The van der Waals surface area contributed by atoms with Gasteiger partial charge in [0.2, 0.25) is 11.9 Å². The molecule has 20 heavy (non-hydrogen) atoms. The summed E-state index contributed by atoms with van der Waals surface area (Å²) >= 11 is 6.58. The van der Waals surface area contributed by atoms with Gasteiger partial charge in [-0.3, -0.25) is 0 Å². The van der Waals surface area contributed by atoms with Crippen LogP contribution in [0, 0.1) is 0 Å². The molecule has 0 fully saturated rings. The third-order valence-electron chi connectivity index (χ3n) is 3.46. The molecule has 4 nitrogen and oxygen atoms in total. The number of hydrogen-bond donors (Lipinski definition) is 0. The highest BCUT2D eigenvalue weighted by atomic mass is 35.5. The highest BCUT2D eigenvalue weighted by Gasteiger charge is 2.47. The maximum absolute atomic E-state index is 12.1. The first-order chi connectivity index (χ1) is 9.68. The van der Waals surface area contributed by atoms with Crippen LogP contribution < -0.4 is 9.47 Å². The minimum Gasteiger partial charge on any atom is -0.454 e. The van der Waals surface area contributed by atoms with Gasteiger partial charge in [-0.05, 0) is 12.1 Å². The standard InChI is InChI=1S/C15H9ClO4/c16-15(9-4-2-1-3-5-9)11-7-13-12(18-8-19-13)6-10(11)14(17)20-15/h1-7H,8H2. The zero-order chi connectivity index (χ0) is 13.7. The minimum atomic E-state index is -1.31. The molecule has 1 unspecified atom stereocenters. The van der Waals surface area contributed by atoms with E-state index in [1.54, 1.807) is 12.1 Å². The fourth-order valence-corrected chi connectivity index (χ4v) is 2.83. The molecule has 2 heterocycles. The zero-order valence-electron chi connectivity index (χ0n) is 10.3. The number of cyclic esters (lactones) is 1. The number of carbonyl (C=O) groups excluding carboxylic acids is 1. The molecule has 0 amide bonds. The lowest BCUT2D eigenvalue weighted by Crippen LogP contribution is -2.20. The summed E-state index contributed by atoms with van der Waals surface area (Å²) in [5.41, 5.74) is 1.69. The number of ether oxygens (including phenoxy) is 3. The number of esters is 1. The molecule has 2 aromatic rings. The zero-order valence-corrected chi connectivity index (χ0v) is 11.0. The second kappa shape index (κ2) is 3.90. The van der Waals surface area contributed by atoms with Crippen LogP contribution in [-0.2, 0) is 9.80 Å². The number of benzene rings is 2. The van der Waals surface area contributed by atoms with E-state index in [4.69, 9.17) is 25.8 Å². The lowest BCUT2D eigenvalue weighted by atomic mass is 9.98. The van der Waals surface area contributed by atoms with Gasteiger partial charge in [0.05, 0.1) is 5.56 Å². The summed E-state index contributed by atoms with van der Waals surface area (Å²) in [7, 11) is 0. The van der Waals surface area contributed by atoms with Gasteiger partial charge in [-0.15, -0.1) is 0 Å². The van der Waals surface area contributed by atoms with Crippen LogP contribution >= 0.6 is 11.6 Å². The maximum Gasteiger partial charge on any atom is 0.341 e. The fraction of sp³-hybridized carbons (Fsp3) is 0.133. The number of alkyl halides is 1. The van der Waals surface area contributed by atoms with Crippen molar-refractivity contribution < 1.29 is 19.0 Å². The molecule has 0 saturated heterocycles. The Kier molecular flexibility index (Phi) is 2.26. The second-order valence-electron chi connectivity index (χ2n) is 4.60. The Balaban J connectivity index is 1.94. The maximum atomic E-state index is 12.1. The Labute approximate surface area is 119 Å². The Morgan fingerprint density at radius 1 is 1.05 bits per heavy atom. The Hall–Kier alpha value is -2.20. The average molecular weight is 289 g/mol. The van der Waals surface area contributed by atoms with Crippen LogP contribution in [-0.4, -0.2) is 12.8 Å². The Morgan fingerprint density at radius 3 is 2.50 bits per heavy atom. The third-order valence-corrected chi connectivity index (χ3v) is 3.96. The van der Waals surface area contributed by atoms with E-state index in [0.717, 1.165) is 0 Å². The molecule has 2 aliphatic rings. The van der Waals surface area contributed by atoms with Gasteiger partial charge in [0, 0.05) is 11.1 Å². The van der Waals surface area contributed by atoms with Crippen LogP contribution in [0.2, 0.25) is 0 Å². The molecule has 5 heteroatoms. The van der Waals surface area contributed by atoms with E-state index in [1.807, 2.05) is 30.3 Å². The molecule has 0 saturated carbocycles. The number of carbonyl (C=O) groups is 1. The van der Waals surface area contributed by atoms with Gasteiger partial charge in [-0.2, -0.15) is 0 Å². The lowest BCUT2D eigenvalue weighted by Gasteiger charge is -2.21. The monoisotopic (exact) mass is 288 g/mol. The quantitative estimate of drug-likeness (QED) is 0.598. The Morgan fingerprint density at radius 2 is 1.75 bits per heavy atom. The molecule has 0 N–H and O–H groups in total. The topological polar surface area (TPSA) is 44.8 Å². The first-order valence-corrected chi connectivity index (χ1v) is 6.48. The van der Waals surface area contributed by atoms with Gasteiger partial charge in [0.25, 0.3) is 0 Å². The van der Waals surface area contributed by atoms with E-state index >= 15 is 0 Å². The van der Waals surface area contributed by atoms with Crippen molar-refractivity contribution in [2.24, 2.45) is 0 Å². The molecule has 0 aliphatic carbocycles. The van der Waals surface area contributed by atoms with Crippen molar-refractivity contribution in [3.63, 3.8) is 0 Å². The van der Waals surface area contributed by atoms with E-state index in [-0.39, 0.29) is 6.79 Å². The van der Waals surface area contributed by atoms with E-state index in [9.17, 15) is 4.79 Å². The molecule has 0 aromatic heterocycles. The largest absolute Gasteiger partial charge is 0.454 e. The van der Waals surface area contributed by atoms with Crippen LogP contribution in [0.4, 0.5) is 0 Å². The molecule has 2 aromatic carbocycles. The van der Waals surface area contributed by atoms with E-state index in [1.165, 1.54) is 0 Å². The molecule has 0 spiro atoms. The molecule has 2 aliphatic heterocycles. The number of fused-ring (bicyclic) bond motifs is 2. The van der Waals surface area contributed by atoms with Crippen molar-refractivity contribution in [1.29, 1.82) is 0 Å². The summed E-state index contributed by atoms with van der Waals surface area (Å²) < 4.78 is 16.0. The normalized spacial score (nSPS) is 22.6. The number of halogens is 1. The summed E-state index contributed by atoms with van der Waals surface area (Å²) in [6.45, 7) is 0.147. The first kappa shape index (κ1) is 11.6. The summed E-state index contributed by atoms with van der Waals surface area (Å²) in [5, 5.41) is -1.31. The minimum absolute atomic E-state index is 0.147. The van der Waals surface area contributed by atoms with Gasteiger partial charge in [0.15, 0.2) is 11.5 Å². The molecule has 4 rings (SSSR count). The van der Waals surface area contributed by atoms with Crippen molar-refractivity contribution >= 4 is 17.6 Å². The number of hydrogen-bond acceptors (Lipinski definition) is 4. The Bertz CT molecular complexity index is 713. The molecule has 100 valence electrons. The lowest BCUT2D eigenvalue weighted by molar-refractivity contribution is 0.0365. The highest BCUT2D eigenvalue weighted by molar-refractivity contribution is 6.27. The predicted molar refractivity (Wildman–Crippen MR) is 71.1 cm³/mol. The van der Waals surface area contributed by atoms with E-state index < -0.39 is 11.0 Å². The van der Waals surface area contributed by atoms with Gasteiger partial charge in [-0.1, -0.05) is 41.9 Å². The summed E-state index contributed by atoms with van der Waals surface area (Å²) in [5.74, 6) is 0.648. The van der Waals surface area contributed by atoms with Crippen molar-refractivity contribution in [2.45, 2.75) is 5.06 Å². The van der Waals surface area contributed by atoms with Crippen LogP contribution in [0.5, 0.6) is 11.5 Å². The van der Waals surface area contributed by atoms with Crippen molar-refractivity contribution in [3.8, 4) is 11.5 Å². The van der Waals surface area contributed by atoms with Gasteiger partial charge >= 0.3 is 5.97 Å². The highest BCUT2D eigenvalue weighted by Crippen LogP contribution is 2.49. The van der Waals surface area contributed by atoms with Crippen molar-refractivity contribution in [1.82, 2.24) is 0 Å². The van der Waals surface area contributed by atoms with E-state index in [0.29, 0.717) is 28.2 Å². The first-order valence-electron chi connectivity index (χ1n) is 6.10. The van der Waals surface area contributed by atoms with Crippen LogP contribution in [0.3, 0.4) is 0 Å². The molecular formula is C15H9ClO4. The second-order valence-corrected chi connectivity index (χ2v) is 5.13. The average Bonchev–Trinajstić information content (AvgIpc) is 3.02. The smallest absolute Gasteiger partial charge is 0.341 e. The van der Waals surface area contributed by atoms with Crippen molar-refractivity contribution in [3.05, 3.63) is 59.2 Å². The molecule has 0 bridgehead atoms. The van der Waals surface area contributed by atoms with Crippen LogP contribution in [0.15, 0.2) is 42.5 Å². The number of rotatable bonds is 1. The summed E-state index contributed by atoms with van der Waals surface area (Å²) in [6.07, 6.45) is 0. The summed E-state index contributed by atoms with van der Waals surface area (Å²) in [4.78, 5) is 12.1. The van der Waals surface area contributed by atoms with Crippen LogP contribution in [0.25, 0.3) is 0 Å². The molecular weight excluding hydrogens is 280 g/mol. The fourth-order valence-electron chi connectivity index (χ4n) is 2.48. The van der Waals surface area contributed by atoms with E-state index in [2.05, 4.69) is 0 Å². The molecule has 0 radical (unpaired) electrons. The van der Waals surface area contributed by atoms with Crippen LogP contribution in [0.1, 0.15) is 21.5 Å². The summed E-state index contributed by atoms with van der Waals surface area (Å²) in [6, 6.07) is 12.5. The predicted octanol–water partition coefficient (Wildman–Crippen LogP) is 3.03. The third kappa shape index (κ3) is 1.45.